The van der Waals surface area contributed by atoms with E-state index in [1.807, 2.05) is 30.3 Å². The van der Waals surface area contributed by atoms with Crippen LogP contribution in [0.5, 0.6) is 0 Å². The van der Waals surface area contributed by atoms with Crippen LogP contribution in [0.3, 0.4) is 0 Å². The summed E-state index contributed by atoms with van der Waals surface area (Å²) in [6, 6.07) is 8.84. The number of aliphatic hydroxyl groups is 1. The van der Waals surface area contributed by atoms with Gasteiger partial charge < -0.3 is 9.67 Å². The molecule has 0 saturated heterocycles. The van der Waals surface area contributed by atoms with E-state index in [4.69, 9.17) is 0 Å². The van der Waals surface area contributed by atoms with Crippen molar-refractivity contribution in [2.24, 2.45) is 5.92 Å². The van der Waals surface area contributed by atoms with Crippen LogP contribution in [0.4, 0.5) is 8.78 Å². The third-order valence-corrected chi connectivity index (χ3v) is 4.96. The van der Waals surface area contributed by atoms with Crippen molar-refractivity contribution in [1.82, 2.24) is 14.5 Å². The first-order valence-corrected chi connectivity index (χ1v) is 8.86. The molecule has 1 aliphatic rings. The Hall–Kier alpha value is -2.67. The molecule has 0 aliphatic heterocycles. The molecule has 140 valence electrons. The van der Waals surface area contributed by atoms with Gasteiger partial charge in [0.05, 0.1) is 23.6 Å². The summed E-state index contributed by atoms with van der Waals surface area (Å²) in [7, 11) is 0. The number of fused-ring (bicyclic) bond motifs is 1. The zero-order chi connectivity index (χ0) is 19.2. The third kappa shape index (κ3) is 3.23. The van der Waals surface area contributed by atoms with E-state index in [0.717, 1.165) is 25.3 Å². The number of aromatic nitrogens is 3. The number of benzene rings is 1. The first kappa shape index (κ1) is 17.7. The highest BCUT2D eigenvalue weighted by Gasteiger charge is 2.34. The smallest absolute Gasteiger partial charge is 0.303 e. The average molecular weight is 371 g/mol. The fourth-order valence-corrected chi connectivity index (χ4v) is 3.37. The molecule has 1 fully saturated rings. The number of pyridine rings is 1. The summed E-state index contributed by atoms with van der Waals surface area (Å²) in [5.41, 5.74) is 1.15. The normalized spacial score (nSPS) is 15.9. The van der Waals surface area contributed by atoms with Gasteiger partial charge >= 0.3 is 5.92 Å². The molecular weight excluding hydrogens is 352 g/mol. The molecule has 1 aromatic carbocycles. The van der Waals surface area contributed by atoms with Crippen molar-refractivity contribution >= 4 is 10.9 Å². The molecule has 2 heterocycles. The highest BCUT2D eigenvalue weighted by molar-refractivity contribution is 5.92. The summed E-state index contributed by atoms with van der Waals surface area (Å²) in [6.07, 6.45) is 4.70. The van der Waals surface area contributed by atoms with E-state index in [1.165, 1.54) is 10.8 Å². The molecule has 7 heteroatoms. The quantitative estimate of drug-likeness (QED) is 0.745. The number of alkyl halides is 2. The molecule has 0 unspecified atom stereocenters. The summed E-state index contributed by atoms with van der Waals surface area (Å²) in [4.78, 5) is 20.7. The van der Waals surface area contributed by atoms with E-state index in [2.05, 4.69) is 9.97 Å². The largest absolute Gasteiger partial charge is 0.394 e. The highest BCUT2D eigenvalue weighted by atomic mass is 19.3. The van der Waals surface area contributed by atoms with Gasteiger partial charge in [0, 0.05) is 24.9 Å². The molecule has 4 rings (SSSR count). The molecule has 3 aromatic rings. The van der Waals surface area contributed by atoms with Gasteiger partial charge in [-0.2, -0.15) is 8.78 Å². The molecule has 1 atom stereocenters. The number of aliphatic hydroxyl groups excluding tert-OH is 1. The monoisotopic (exact) mass is 371 g/mol. The van der Waals surface area contributed by atoms with Crippen molar-refractivity contribution in [3.05, 3.63) is 58.9 Å². The topological polar surface area (TPSA) is 68.0 Å². The second-order valence-corrected chi connectivity index (χ2v) is 7.05. The molecule has 0 bridgehead atoms. The Kier molecular flexibility index (Phi) is 4.26. The molecule has 0 radical (unpaired) electrons. The SMILES string of the molecule is CC(F)(F)c1ncc2c(=O)n([C@H](CO)C3CC3)cc(-c3ccccc3)c2n1. The second-order valence-electron chi connectivity index (χ2n) is 7.05. The van der Waals surface area contributed by atoms with Gasteiger partial charge in [0.25, 0.3) is 5.56 Å². The van der Waals surface area contributed by atoms with Crippen LogP contribution in [0.1, 0.15) is 31.6 Å². The highest BCUT2D eigenvalue weighted by Crippen LogP contribution is 2.40. The Bertz CT molecular complexity index is 1040. The van der Waals surface area contributed by atoms with Gasteiger partial charge in [-0.3, -0.25) is 4.79 Å². The summed E-state index contributed by atoms with van der Waals surface area (Å²) in [6.45, 7) is 0.572. The lowest BCUT2D eigenvalue weighted by atomic mass is 10.0. The summed E-state index contributed by atoms with van der Waals surface area (Å²) in [5, 5.41) is 9.98. The minimum atomic E-state index is -3.21. The van der Waals surface area contributed by atoms with E-state index in [0.29, 0.717) is 5.56 Å². The second kappa shape index (κ2) is 6.49. The van der Waals surface area contributed by atoms with Crippen molar-refractivity contribution in [2.45, 2.75) is 31.7 Å². The number of rotatable bonds is 5. The van der Waals surface area contributed by atoms with Crippen LogP contribution in [0.15, 0.2) is 47.5 Å². The maximum atomic E-state index is 13.8. The van der Waals surface area contributed by atoms with Crippen LogP contribution in [-0.4, -0.2) is 26.2 Å². The van der Waals surface area contributed by atoms with Gasteiger partial charge in [0.2, 0.25) is 0 Å². The van der Waals surface area contributed by atoms with Gasteiger partial charge in [0.1, 0.15) is 0 Å². The van der Waals surface area contributed by atoms with Crippen LogP contribution in [0.2, 0.25) is 0 Å². The van der Waals surface area contributed by atoms with E-state index in [9.17, 15) is 18.7 Å². The summed E-state index contributed by atoms with van der Waals surface area (Å²) >= 11 is 0. The standard InChI is InChI=1S/C20H19F2N3O2/c1-20(21,22)19-23-9-14-17(24-19)15(12-5-3-2-4-6-12)10-25(18(14)27)16(11-26)13-7-8-13/h2-6,9-10,13,16,26H,7-8,11H2,1H3/t16-/m1/s1. The molecular formula is C20H19F2N3O2. The fraction of sp³-hybridized carbons (Fsp3) is 0.350. The van der Waals surface area contributed by atoms with Gasteiger partial charge in [-0.1, -0.05) is 30.3 Å². The molecule has 27 heavy (non-hydrogen) atoms. The van der Waals surface area contributed by atoms with E-state index in [1.54, 1.807) is 6.20 Å². The maximum absolute atomic E-state index is 13.8. The molecule has 0 spiro atoms. The van der Waals surface area contributed by atoms with E-state index in [-0.39, 0.29) is 35.0 Å². The molecule has 5 nitrogen and oxygen atoms in total. The number of hydrogen-bond acceptors (Lipinski definition) is 4. The Balaban J connectivity index is 2.03. The Morgan fingerprint density at radius 1 is 1.30 bits per heavy atom. The lowest BCUT2D eigenvalue weighted by Gasteiger charge is -2.20. The van der Waals surface area contributed by atoms with Crippen molar-refractivity contribution in [3.8, 4) is 11.1 Å². The summed E-state index contributed by atoms with van der Waals surface area (Å²) < 4.78 is 29.0. The van der Waals surface area contributed by atoms with Crippen LogP contribution >= 0.6 is 0 Å². The first-order chi connectivity index (χ1) is 12.9. The van der Waals surface area contributed by atoms with Gasteiger partial charge in [0.15, 0.2) is 5.82 Å². The zero-order valence-electron chi connectivity index (χ0n) is 14.8. The van der Waals surface area contributed by atoms with Crippen LogP contribution in [0.25, 0.3) is 22.0 Å². The minimum Gasteiger partial charge on any atom is -0.394 e. The van der Waals surface area contributed by atoms with Crippen molar-refractivity contribution < 1.29 is 13.9 Å². The summed E-state index contributed by atoms with van der Waals surface area (Å²) in [5.74, 6) is -3.59. The Labute approximate surface area is 154 Å². The zero-order valence-corrected chi connectivity index (χ0v) is 14.8. The Morgan fingerprint density at radius 2 is 2.00 bits per heavy atom. The van der Waals surface area contributed by atoms with Gasteiger partial charge in [-0.15, -0.1) is 0 Å². The average Bonchev–Trinajstić information content (AvgIpc) is 3.49. The third-order valence-electron chi connectivity index (χ3n) is 4.96. The lowest BCUT2D eigenvalue weighted by molar-refractivity contribution is 0.00806. The van der Waals surface area contributed by atoms with Crippen LogP contribution in [-0.2, 0) is 5.92 Å². The number of nitrogens with zero attached hydrogens (tertiary/aromatic N) is 3. The Morgan fingerprint density at radius 3 is 2.59 bits per heavy atom. The van der Waals surface area contributed by atoms with Crippen molar-refractivity contribution in [1.29, 1.82) is 0 Å². The van der Waals surface area contributed by atoms with Crippen LogP contribution in [0, 0.1) is 5.92 Å². The lowest BCUT2D eigenvalue weighted by Crippen LogP contribution is -2.29. The van der Waals surface area contributed by atoms with Crippen molar-refractivity contribution in [3.63, 3.8) is 0 Å². The maximum Gasteiger partial charge on any atom is 0.303 e. The first-order valence-electron chi connectivity index (χ1n) is 8.86. The fourth-order valence-electron chi connectivity index (χ4n) is 3.37. The number of halogens is 2. The van der Waals surface area contributed by atoms with Gasteiger partial charge in [-0.05, 0) is 24.3 Å². The molecule has 1 aliphatic carbocycles. The van der Waals surface area contributed by atoms with Gasteiger partial charge in [-0.25, -0.2) is 9.97 Å². The van der Waals surface area contributed by atoms with E-state index < -0.39 is 11.7 Å². The number of hydrogen-bond donors (Lipinski definition) is 1. The van der Waals surface area contributed by atoms with E-state index >= 15 is 0 Å². The molecule has 0 amide bonds. The molecule has 1 saturated carbocycles. The van der Waals surface area contributed by atoms with Crippen molar-refractivity contribution in [2.75, 3.05) is 6.61 Å². The molecule has 2 aromatic heterocycles. The predicted octanol–water partition coefficient (Wildman–Crippen LogP) is 3.51. The molecule has 1 N–H and O–H groups in total. The van der Waals surface area contributed by atoms with Crippen LogP contribution < -0.4 is 5.56 Å². The predicted molar refractivity (Wildman–Crippen MR) is 97.6 cm³/mol. The minimum absolute atomic E-state index is 0.156.